The first-order chi connectivity index (χ1) is 16.0. The summed E-state index contributed by atoms with van der Waals surface area (Å²) in [4.78, 5) is 27.7. The highest BCUT2D eigenvalue weighted by molar-refractivity contribution is 9.10. The lowest BCUT2D eigenvalue weighted by molar-refractivity contribution is 0.0374. The Morgan fingerprint density at radius 1 is 1.15 bits per heavy atom. The zero-order chi connectivity index (χ0) is 23.2. The first-order valence-electron chi connectivity index (χ1n) is 11.4. The highest BCUT2D eigenvalue weighted by Crippen LogP contribution is 2.30. The highest BCUT2D eigenvalue weighted by atomic mass is 79.9. The number of ether oxygens (including phenoxy) is 1. The van der Waals surface area contributed by atoms with Gasteiger partial charge in [0.2, 0.25) is 0 Å². The van der Waals surface area contributed by atoms with Crippen LogP contribution in [0.5, 0.6) is 0 Å². The Kier molecular flexibility index (Phi) is 7.95. The number of amides is 2. The van der Waals surface area contributed by atoms with Crippen LogP contribution in [0.2, 0.25) is 0 Å². The van der Waals surface area contributed by atoms with E-state index in [1.54, 1.807) is 12.1 Å². The van der Waals surface area contributed by atoms with Crippen LogP contribution < -0.4 is 10.7 Å². The molecule has 0 unspecified atom stereocenters. The Hall–Kier alpha value is -2.49. The third-order valence-corrected chi connectivity index (χ3v) is 6.67. The third-order valence-electron chi connectivity index (χ3n) is 5.98. The molecule has 9 heteroatoms. The van der Waals surface area contributed by atoms with Crippen LogP contribution >= 0.6 is 15.9 Å². The number of carbonyl (C=O) groups excluding carboxylic acids is 2. The number of fused-ring (bicyclic) bond motifs is 1. The third kappa shape index (κ3) is 5.72. The molecule has 2 aromatic rings. The van der Waals surface area contributed by atoms with Crippen molar-refractivity contribution >= 4 is 33.5 Å². The van der Waals surface area contributed by atoms with E-state index in [0.717, 1.165) is 74.7 Å². The number of nitrogens with zero attached hydrogens (tertiary/aromatic N) is 2. The molecule has 4 rings (SSSR count). The summed E-state index contributed by atoms with van der Waals surface area (Å²) in [6.45, 7) is 6.83. The molecule has 0 radical (unpaired) electrons. The van der Waals surface area contributed by atoms with E-state index in [1.165, 1.54) is 0 Å². The standard InChI is InChI=1S/C24H29BrN4O4/c1-16-21-19(27-28-23(30)17-6-2-3-7-18(17)25)8-4-9-20(21)33-22(16)24(31)26-10-5-11-29-12-14-32-15-13-29/h2-3,6-7H,4-5,8-15H2,1H3,(H,26,31)(H,28,30)/b27-19+. The van der Waals surface area contributed by atoms with Crippen molar-refractivity contribution in [2.75, 3.05) is 39.4 Å². The van der Waals surface area contributed by atoms with Gasteiger partial charge in [-0.05, 0) is 60.8 Å². The molecule has 33 heavy (non-hydrogen) atoms. The van der Waals surface area contributed by atoms with Crippen LogP contribution in [-0.4, -0.2) is 61.8 Å². The molecule has 176 valence electrons. The second-order valence-corrected chi connectivity index (χ2v) is 9.10. The lowest BCUT2D eigenvalue weighted by Gasteiger charge is -2.26. The summed E-state index contributed by atoms with van der Waals surface area (Å²) in [5, 5.41) is 7.37. The highest BCUT2D eigenvalue weighted by Gasteiger charge is 2.28. The predicted molar refractivity (Wildman–Crippen MR) is 129 cm³/mol. The van der Waals surface area contributed by atoms with Crippen LogP contribution in [0, 0.1) is 6.92 Å². The molecular formula is C24H29BrN4O4. The molecule has 1 aromatic heterocycles. The zero-order valence-electron chi connectivity index (χ0n) is 18.8. The minimum absolute atomic E-state index is 0.208. The van der Waals surface area contributed by atoms with E-state index in [9.17, 15) is 9.59 Å². The average Bonchev–Trinajstić information content (AvgIpc) is 3.18. The van der Waals surface area contributed by atoms with Gasteiger partial charge in [-0.25, -0.2) is 5.43 Å². The monoisotopic (exact) mass is 516 g/mol. The van der Waals surface area contributed by atoms with Crippen molar-refractivity contribution in [2.45, 2.75) is 32.6 Å². The number of hydrazone groups is 1. The smallest absolute Gasteiger partial charge is 0.287 e. The Morgan fingerprint density at radius 2 is 1.94 bits per heavy atom. The van der Waals surface area contributed by atoms with Gasteiger partial charge < -0.3 is 14.5 Å². The number of rotatable bonds is 7. The maximum atomic E-state index is 12.8. The number of morpholine rings is 1. The Bertz CT molecular complexity index is 1040. The van der Waals surface area contributed by atoms with Crippen LogP contribution in [-0.2, 0) is 11.2 Å². The number of halogens is 1. The van der Waals surface area contributed by atoms with Crippen molar-refractivity contribution in [1.82, 2.24) is 15.6 Å². The number of aryl methyl sites for hydroxylation is 1. The van der Waals surface area contributed by atoms with E-state index in [1.807, 2.05) is 19.1 Å². The molecule has 0 spiro atoms. The lowest BCUT2D eigenvalue weighted by Crippen LogP contribution is -2.38. The summed E-state index contributed by atoms with van der Waals surface area (Å²) < 4.78 is 12.0. The number of hydrogen-bond donors (Lipinski definition) is 2. The van der Waals surface area contributed by atoms with Crippen molar-refractivity contribution in [3.63, 3.8) is 0 Å². The van der Waals surface area contributed by atoms with E-state index in [0.29, 0.717) is 28.8 Å². The Labute approximate surface area is 201 Å². The van der Waals surface area contributed by atoms with Crippen molar-refractivity contribution in [2.24, 2.45) is 5.10 Å². The van der Waals surface area contributed by atoms with Gasteiger partial charge >= 0.3 is 0 Å². The molecule has 2 heterocycles. The van der Waals surface area contributed by atoms with Crippen LogP contribution in [0.25, 0.3) is 0 Å². The molecule has 0 saturated carbocycles. The summed E-state index contributed by atoms with van der Waals surface area (Å²) in [6, 6.07) is 7.20. The molecule has 1 aromatic carbocycles. The molecule has 2 aliphatic rings. The maximum absolute atomic E-state index is 12.8. The summed E-state index contributed by atoms with van der Waals surface area (Å²) in [7, 11) is 0. The molecule has 2 N–H and O–H groups in total. The molecule has 0 bridgehead atoms. The quantitative estimate of drug-likeness (QED) is 0.434. The fraction of sp³-hybridized carbons (Fsp3) is 0.458. The average molecular weight is 517 g/mol. The van der Waals surface area contributed by atoms with Crippen LogP contribution in [0.1, 0.15) is 57.1 Å². The van der Waals surface area contributed by atoms with Gasteiger partial charge in [0.05, 0.1) is 24.5 Å². The molecule has 1 saturated heterocycles. The van der Waals surface area contributed by atoms with Gasteiger partial charge in [0, 0.05) is 41.7 Å². The van der Waals surface area contributed by atoms with E-state index < -0.39 is 0 Å². The largest absolute Gasteiger partial charge is 0.455 e. The number of furan rings is 1. The molecule has 1 aliphatic carbocycles. The summed E-state index contributed by atoms with van der Waals surface area (Å²) in [5.74, 6) is 0.589. The maximum Gasteiger partial charge on any atom is 0.287 e. The molecule has 8 nitrogen and oxygen atoms in total. The molecule has 0 atom stereocenters. The van der Waals surface area contributed by atoms with E-state index in [2.05, 4.69) is 36.7 Å². The zero-order valence-corrected chi connectivity index (χ0v) is 20.4. The van der Waals surface area contributed by atoms with Gasteiger partial charge in [-0.2, -0.15) is 5.10 Å². The van der Waals surface area contributed by atoms with Gasteiger partial charge in [0.15, 0.2) is 5.76 Å². The van der Waals surface area contributed by atoms with Gasteiger partial charge in [0.1, 0.15) is 5.76 Å². The number of benzene rings is 1. The predicted octanol–water partition coefficient (Wildman–Crippen LogP) is 3.27. The fourth-order valence-electron chi connectivity index (χ4n) is 4.23. The Balaban J connectivity index is 1.39. The summed E-state index contributed by atoms with van der Waals surface area (Å²) in [6.07, 6.45) is 3.19. The minimum atomic E-state index is -0.290. The van der Waals surface area contributed by atoms with Crippen LogP contribution in [0.15, 0.2) is 38.3 Å². The van der Waals surface area contributed by atoms with E-state index >= 15 is 0 Å². The molecular weight excluding hydrogens is 488 g/mol. The molecule has 1 aliphatic heterocycles. The first-order valence-corrected chi connectivity index (χ1v) is 12.2. The van der Waals surface area contributed by atoms with Crippen LogP contribution in [0.4, 0.5) is 0 Å². The van der Waals surface area contributed by atoms with E-state index in [4.69, 9.17) is 9.15 Å². The van der Waals surface area contributed by atoms with Crippen LogP contribution in [0.3, 0.4) is 0 Å². The number of hydrogen-bond acceptors (Lipinski definition) is 6. The van der Waals surface area contributed by atoms with Crippen molar-refractivity contribution in [3.05, 3.63) is 56.9 Å². The second kappa shape index (κ2) is 11.1. The number of carbonyl (C=O) groups is 2. The minimum Gasteiger partial charge on any atom is -0.455 e. The lowest BCUT2D eigenvalue weighted by atomic mass is 9.93. The second-order valence-electron chi connectivity index (χ2n) is 8.25. The summed E-state index contributed by atoms with van der Waals surface area (Å²) in [5.41, 5.74) is 5.51. The van der Waals surface area contributed by atoms with Gasteiger partial charge in [-0.15, -0.1) is 0 Å². The summed E-state index contributed by atoms with van der Waals surface area (Å²) >= 11 is 3.39. The van der Waals surface area contributed by atoms with Crippen molar-refractivity contribution in [3.8, 4) is 0 Å². The number of nitrogens with one attached hydrogen (secondary N) is 2. The van der Waals surface area contributed by atoms with Gasteiger partial charge in [0.25, 0.3) is 11.8 Å². The molecule has 1 fully saturated rings. The van der Waals surface area contributed by atoms with Crippen molar-refractivity contribution < 1.29 is 18.7 Å². The SMILES string of the molecule is Cc1c(C(=O)NCCCN2CCOCC2)oc2c1/C(=N/NC(=O)c1ccccc1Br)CCC2. The van der Waals surface area contributed by atoms with E-state index in [-0.39, 0.29) is 11.8 Å². The van der Waals surface area contributed by atoms with Crippen molar-refractivity contribution in [1.29, 1.82) is 0 Å². The van der Waals surface area contributed by atoms with Gasteiger partial charge in [-0.3, -0.25) is 14.5 Å². The normalized spacial score (nSPS) is 17.6. The molecule has 2 amide bonds. The fourth-order valence-corrected chi connectivity index (χ4v) is 4.69. The topological polar surface area (TPSA) is 96.2 Å². The van der Waals surface area contributed by atoms with Gasteiger partial charge in [-0.1, -0.05) is 12.1 Å². The first kappa shape index (κ1) is 23.7. The Morgan fingerprint density at radius 3 is 2.73 bits per heavy atom.